The van der Waals surface area contributed by atoms with E-state index in [1.54, 1.807) is 17.0 Å². The van der Waals surface area contributed by atoms with Crippen LogP contribution in [0, 0.1) is 11.3 Å². The van der Waals surface area contributed by atoms with Crippen molar-refractivity contribution in [3.63, 3.8) is 0 Å². The molecule has 4 aromatic rings. The lowest BCUT2D eigenvalue weighted by molar-refractivity contribution is 0.0144. The summed E-state index contributed by atoms with van der Waals surface area (Å²) in [6, 6.07) is 18.1. The van der Waals surface area contributed by atoms with Gasteiger partial charge in [0.05, 0.1) is 64.6 Å². The summed E-state index contributed by atoms with van der Waals surface area (Å²) >= 11 is 13.7. The molecule has 17 heteroatoms. The van der Waals surface area contributed by atoms with Gasteiger partial charge in [-0.3, -0.25) is 9.69 Å². The number of carbonyl (C=O) groups is 2. The average Bonchev–Trinajstić information content (AvgIpc) is 3.73. The minimum Gasteiger partial charge on any atom is -0.489 e. The van der Waals surface area contributed by atoms with E-state index in [9.17, 15) is 14.9 Å². The standard InChI is InChI=1S/C47H56Br2ClN7O7/c1-47(2,3)64-46(59)57-20-19-56(28-34(57)13-15-51)44-36-14-18-55(41-12-5-9-33-8-4-11-39(50)42(33)41)29-40(36)52-45(53-44)63-31-35-10-6-16-54(35)17-7-21-60-22-23-61-24-25-62-43-37(48)26-32(30-58)27-38(43)49/h4-5,8-9,11-12,26-27,30,34-35H,6-7,10,13-14,16-25,28-29,31H2,1-3H3. The summed E-state index contributed by atoms with van der Waals surface area (Å²) in [7, 11) is 0. The Bertz CT molecular complexity index is 2280. The van der Waals surface area contributed by atoms with E-state index in [1.165, 1.54) is 0 Å². The molecule has 2 unspecified atom stereocenters. The van der Waals surface area contributed by atoms with Gasteiger partial charge in [-0.05, 0) is 115 Å². The number of nitrogens with zero attached hydrogens (tertiary/aromatic N) is 7. The van der Waals surface area contributed by atoms with Gasteiger partial charge < -0.3 is 38.4 Å². The number of hydrogen-bond acceptors (Lipinski definition) is 13. The Hall–Kier alpha value is -4.24. The van der Waals surface area contributed by atoms with E-state index in [1.807, 2.05) is 32.9 Å². The Kier molecular flexibility index (Phi) is 16.6. The van der Waals surface area contributed by atoms with Crippen LogP contribution in [0.5, 0.6) is 11.8 Å². The van der Waals surface area contributed by atoms with Crippen LogP contribution in [0.25, 0.3) is 10.8 Å². The predicted octanol–water partition coefficient (Wildman–Crippen LogP) is 8.87. The quantitative estimate of drug-likeness (QED) is 0.0693. The first kappa shape index (κ1) is 47.7. The number of aromatic nitrogens is 2. The number of carbonyl (C=O) groups excluding carboxylic acids is 2. The zero-order chi connectivity index (χ0) is 45.2. The highest BCUT2D eigenvalue weighted by Crippen LogP contribution is 2.38. The van der Waals surface area contributed by atoms with Crippen molar-refractivity contribution in [3.05, 3.63) is 79.3 Å². The third kappa shape index (κ3) is 12.1. The molecule has 14 nitrogen and oxygen atoms in total. The maximum Gasteiger partial charge on any atom is 0.410 e. The molecule has 1 aromatic heterocycles. The smallest absolute Gasteiger partial charge is 0.410 e. The molecule has 1 amide bonds. The van der Waals surface area contributed by atoms with Crippen LogP contribution in [0.15, 0.2) is 57.5 Å². The van der Waals surface area contributed by atoms with E-state index in [4.69, 9.17) is 45.3 Å². The van der Waals surface area contributed by atoms with Gasteiger partial charge in [-0.25, -0.2) is 4.79 Å². The topological polar surface area (TPSA) is 143 Å². The monoisotopic (exact) mass is 1020 g/mol. The zero-order valence-electron chi connectivity index (χ0n) is 36.7. The molecule has 0 spiro atoms. The number of ether oxygens (including phenoxy) is 5. The molecule has 0 bridgehead atoms. The van der Waals surface area contributed by atoms with Gasteiger partial charge in [0, 0.05) is 67.6 Å². The Morgan fingerprint density at radius 1 is 0.938 bits per heavy atom. The fraction of sp³-hybridized carbons (Fsp3) is 0.511. The van der Waals surface area contributed by atoms with Crippen LogP contribution in [0.2, 0.25) is 5.02 Å². The second-order valence-corrected chi connectivity index (χ2v) is 19.3. The summed E-state index contributed by atoms with van der Waals surface area (Å²) in [5.74, 6) is 1.43. The second-order valence-electron chi connectivity index (χ2n) is 17.2. The van der Waals surface area contributed by atoms with Crippen LogP contribution in [0.4, 0.5) is 16.3 Å². The third-order valence-electron chi connectivity index (χ3n) is 11.6. The van der Waals surface area contributed by atoms with E-state index < -0.39 is 11.7 Å². The molecule has 0 aliphatic carbocycles. The average molecular weight is 1030 g/mol. The molecule has 7 rings (SSSR count). The maximum absolute atomic E-state index is 13.3. The number of anilines is 2. The molecular weight excluding hydrogens is 970 g/mol. The molecule has 0 saturated carbocycles. The number of hydrogen-bond donors (Lipinski definition) is 0. The Morgan fingerprint density at radius 2 is 1.69 bits per heavy atom. The minimum absolute atomic E-state index is 0.173. The SMILES string of the molecule is CC(C)(C)OC(=O)N1CCN(c2nc(OCC3CCCN3CCCOCCOCCOc3c(Br)cc(C=O)cc3Br)nc3c2CCN(c2cccc4cccc(Cl)c24)C3)CC1CC#N. The molecule has 3 aromatic carbocycles. The fourth-order valence-electron chi connectivity index (χ4n) is 8.58. The zero-order valence-corrected chi connectivity index (χ0v) is 40.6. The summed E-state index contributed by atoms with van der Waals surface area (Å²) in [4.78, 5) is 43.2. The van der Waals surface area contributed by atoms with E-state index in [2.05, 4.69) is 76.9 Å². The van der Waals surface area contributed by atoms with Crippen molar-refractivity contribution < 1.29 is 33.3 Å². The van der Waals surface area contributed by atoms with Crippen LogP contribution in [0.1, 0.15) is 68.1 Å². The molecular formula is C47H56Br2ClN7O7. The Labute approximate surface area is 397 Å². The molecule has 64 heavy (non-hydrogen) atoms. The largest absolute Gasteiger partial charge is 0.489 e. The number of nitriles is 1. The van der Waals surface area contributed by atoms with Crippen LogP contribution in [0.3, 0.4) is 0 Å². The first-order valence-corrected chi connectivity index (χ1v) is 23.9. The summed E-state index contributed by atoms with van der Waals surface area (Å²) in [5.41, 5.74) is 2.91. The minimum atomic E-state index is -0.648. The Morgan fingerprint density at radius 3 is 2.44 bits per heavy atom. The molecule has 3 aliphatic heterocycles. The molecule has 0 radical (unpaired) electrons. The molecule has 0 N–H and O–H groups in total. The third-order valence-corrected chi connectivity index (χ3v) is 13.1. The van der Waals surface area contributed by atoms with Crippen LogP contribution < -0.4 is 19.3 Å². The highest BCUT2D eigenvalue weighted by molar-refractivity contribution is 9.11. The van der Waals surface area contributed by atoms with Gasteiger partial charge in [-0.2, -0.15) is 15.2 Å². The highest BCUT2D eigenvalue weighted by Gasteiger charge is 2.36. The van der Waals surface area contributed by atoms with Crippen molar-refractivity contribution in [2.75, 3.05) is 88.7 Å². The van der Waals surface area contributed by atoms with Crippen molar-refractivity contribution in [2.45, 2.75) is 77.1 Å². The molecule has 2 saturated heterocycles. The number of benzene rings is 3. The summed E-state index contributed by atoms with van der Waals surface area (Å²) in [6.07, 6.45) is 4.23. The molecule has 4 heterocycles. The lowest BCUT2D eigenvalue weighted by Gasteiger charge is -2.42. The molecule has 342 valence electrons. The van der Waals surface area contributed by atoms with Crippen molar-refractivity contribution >= 4 is 78.1 Å². The van der Waals surface area contributed by atoms with Gasteiger partial charge in [0.2, 0.25) is 0 Å². The van der Waals surface area contributed by atoms with Crippen LogP contribution in [-0.2, 0) is 27.2 Å². The number of piperazine rings is 1. The molecule has 2 fully saturated rings. The van der Waals surface area contributed by atoms with Crippen LogP contribution >= 0.6 is 43.5 Å². The van der Waals surface area contributed by atoms with E-state index in [-0.39, 0.29) is 18.5 Å². The number of aldehydes is 1. The first-order chi connectivity index (χ1) is 30.9. The predicted molar refractivity (Wildman–Crippen MR) is 254 cm³/mol. The van der Waals surface area contributed by atoms with Gasteiger partial charge in [0.15, 0.2) is 0 Å². The van der Waals surface area contributed by atoms with Crippen molar-refractivity contribution in [1.29, 1.82) is 5.26 Å². The van der Waals surface area contributed by atoms with E-state index >= 15 is 0 Å². The van der Waals surface area contributed by atoms with Crippen molar-refractivity contribution in [3.8, 4) is 17.8 Å². The van der Waals surface area contributed by atoms with Gasteiger partial charge in [0.1, 0.15) is 36.7 Å². The Balaban J connectivity index is 0.963. The fourth-order valence-corrected chi connectivity index (χ4v) is 10.3. The first-order valence-electron chi connectivity index (χ1n) is 21.9. The van der Waals surface area contributed by atoms with Crippen molar-refractivity contribution in [2.24, 2.45) is 0 Å². The van der Waals surface area contributed by atoms with E-state index in [0.717, 1.165) is 78.7 Å². The number of fused-ring (bicyclic) bond motifs is 2. The van der Waals surface area contributed by atoms with Gasteiger partial charge >= 0.3 is 12.1 Å². The second kappa shape index (κ2) is 22.3. The van der Waals surface area contributed by atoms with Crippen molar-refractivity contribution in [1.82, 2.24) is 19.8 Å². The number of halogens is 3. The van der Waals surface area contributed by atoms with Gasteiger partial charge in [0.25, 0.3) is 0 Å². The van der Waals surface area contributed by atoms with Crippen LogP contribution in [-0.4, -0.2) is 129 Å². The molecule has 2 atom stereocenters. The maximum atomic E-state index is 13.3. The lowest BCUT2D eigenvalue weighted by Crippen LogP contribution is -2.56. The summed E-state index contributed by atoms with van der Waals surface area (Å²) < 4.78 is 31.1. The normalized spacial score (nSPS) is 17.9. The van der Waals surface area contributed by atoms with E-state index in [0.29, 0.717) is 104 Å². The lowest BCUT2D eigenvalue weighted by atomic mass is 10.0. The van der Waals surface area contributed by atoms with Gasteiger partial charge in [-0.15, -0.1) is 0 Å². The number of likely N-dealkylation sites (tertiary alicyclic amines) is 1. The highest BCUT2D eigenvalue weighted by atomic mass is 79.9. The number of amides is 1. The summed E-state index contributed by atoms with van der Waals surface area (Å²) in [5, 5.41) is 12.6. The van der Waals surface area contributed by atoms with Gasteiger partial charge in [-0.1, -0.05) is 35.9 Å². The molecule has 3 aliphatic rings. The number of rotatable bonds is 18. The summed E-state index contributed by atoms with van der Waals surface area (Å²) in [6.45, 7) is 12.9.